The fourth-order valence-electron chi connectivity index (χ4n) is 4.34. The number of thiophene rings is 1. The molecule has 152 valence electrons. The normalized spacial score (nSPS) is 11.1. The van der Waals surface area contributed by atoms with Crippen molar-refractivity contribution in [2.45, 2.75) is 0 Å². The van der Waals surface area contributed by atoms with Crippen LogP contribution in [0.1, 0.15) is 0 Å². The standard InChI is InChI=1S/C30H21NS/c1-2-9-21(10-3-1)22-17-19-23(20-18-22)24-11-4-6-13-26(24)31-27-14-8-16-29-30(27)25-12-5-7-15-28(25)32-29/h1-20,31H. The Morgan fingerprint density at radius 3 is 1.94 bits per heavy atom. The second-order valence-electron chi connectivity index (χ2n) is 7.89. The lowest BCUT2D eigenvalue weighted by Gasteiger charge is -2.14. The van der Waals surface area contributed by atoms with Gasteiger partial charge < -0.3 is 5.32 Å². The zero-order chi connectivity index (χ0) is 21.3. The molecule has 6 rings (SSSR count). The average molecular weight is 428 g/mol. The molecule has 1 heterocycles. The highest BCUT2D eigenvalue weighted by atomic mass is 32.1. The summed E-state index contributed by atoms with van der Waals surface area (Å²) in [6, 6.07) is 43.1. The molecule has 6 aromatic rings. The number of rotatable bonds is 4. The lowest BCUT2D eigenvalue weighted by molar-refractivity contribution is 1.55. The SMILES string of the molecule is c1ccc(-c2ccc(-c3ccccc3Nc3cccc4sc5ccccc5c34)cc2)cc1. The molecule has 0 saturated heterocycles. The van der Waals surface area contributed by atoms with Crippen LogP contribution in [0.4, 0.5) is 11.4 Å². The van der Waals surface area contributed by atoms with E-state index in [9.17, 15) is 0 Å². The maximum Gasteiger partial charge on any atom is 0.0478 e. The van der Waals surface area contributed by atoms with Gasteiger partial charge in [-0.15, -0.1) is 11.3 Å². The third-order valence-electron chi connectivity index (χ3n) is 5.90. The van der Waals surface area contributed by atoms with Crippen molar-refractivity contribution in [1.82, 2.24) is 0 Å². The largest absolute Gasteiger partial charge is 0.354 e. The minimum absolute atomic E-state index is 1.11. The van der Waals surface area contributed by atoms with Crippen molar-refractivity contribution in [3.8, 4) is 22.3 Å². The third-order valence-corrected chi connectivity index (χ3v) is 7.04. The Balaban J connectivity index is 1.41. The van der Waals surface area contributed by atoms with E-state index in [-0.39, 0.29) is 0 Å². The molecule has 1 nitrogen and oxygen atoms in total. The van der Waals surface area contributed by atoms with Crippen LogP contribution < -0.4 is 5.32 Å². The number of benzene rings is 5. The van der Waals surface area contributed by atoms with Crippen LogP contribution >= 0.6 is 11.3 Å². The zero-order valence-corrected chi connectivity index (χ0v) is 18.3. The van der Waals surface area contributed by atoms with Crippen LogP contribution in [0.25, 0.3) is 42.4 Å². The molecule has 0 aliphatic carbocycles. The Labute approximate surface area is 191 Å². The van der Waals surface area contributed by atoms with Gasteiger partial charge in [0.25, 0.3) is 0 Å². The predicted molar refractivity (Wildman–Crippen MR) is 140 cm³/mol. The molecule has 1 N–H and O–H groups in total. The topological polar surface area (TPSA) is 12.0 Å². The van der Waals surface area contributed by atoms with Crippen LogP contribution in [0.15, 0.2) is 121 Å². The summed E-state index contributed by atoms with van der Waals surface area (Å²) in [5.41, 5.74) is 7.13. The third kappa shape index (κ3) is 3.35. The maximum atomic E-state index is 3.75. The second-order valence-corrected chi connectivity index (χ2v) is 8.97. The summed E-state index contributed by atoms with van der Waals surface area (Å²) < 4.78 is 2.63. The van der Waals surface area contributed by atoms with E-state index in [1.165, 1.54) is 42.4 Å². The second kappa shape index (κ2) is 7.99. The smallest absolute Gasteiger partial charge is 0.0478 e. The molecule has 0 unspecified atom stereocenters. The average Bonchev–Trinajstić information content (AvgIpc) is 3.25. The number of hydrogen-bond donors (Lipinski definition) is 1. The first kappa shape index (κ1) is 18.9. The zero-order valence-electron chi connectivity index (χ0n) is 17.5. The van der Waals surface area contributed by atoms with Gasteiger partial charge in [-0.2, -0.15) is 0 Å². The van der Waals surface area contributed by atoms with Gasteiger partial charge in [-0.1, -0.05) is 97.1 Å². The Morgan fingerprint density at radius 2 is 1.06 bits per heavy atom. The van der Waals surface area contributed by atoms with E-state index < -0.39 is 0 Å². The van der Waals surface area contributed by atoms with Crippen molar-refractivity contribution in [2.75, 3.05) is 5.32 Å². The molecule has 0 aliphatic heterocycles. The molecule has 5 aromatic carbocycles. The molecule has 2 heteroatoms. The highest BCUT2D eigenvalue weighted by molar-refractivity contribution is 7.25. The Hall–Kier alpha value is -3.88. The summed E-state index contributed by atoms with van der Waals surface area (Å²) in [6.45, 7) is 0. The van der Waals surface area contributed by atoms with Crippen molar-refractivity contribution in [3.05, 3.63) is 121 Å². The van der Waals surface area contributed by atoms with Crippen molar-refractivity contribution in [1.29, 1.82) is 0 Å². The summed E-state index contributed by atoms with van der Waals surface area (Å²) in [5, 5.41) is 6.34. The van der Waals surface area contributed by atoms with Crippen LogP contribution in [0.3, 0.4) is 0 Å². The fraction of sp³-hybridized carbons (Fsp3) is 0. The Bertz CT molecular complexity index is 1530. The molecular formula is C30H21NS. The summed E-state index contributed by atoms with van der Waals surface area (Å²) in [4.78, 5) is 0. The van der Waals surface area contributed by atoms with Crippen molar-refractivity contribution >= 4 is 42.9 Å². The van der Waals surface area contributed by atoms with Gasteiger partial charge in [-0.05, 0) is 41.0 Å². The van der Waals surface area contributed by atoms with Crippen LogP contribution in [-0.2, 0) is 0 Å². The summed E-state index contributed by atoms with van der Waals surface area (Å²) in [7, 11) is 0. The molecule has 0 spiro atoms. The quantitative estimate of drug-likeness (QED) is 0.296. The first-order valence-electron chi connectivity index (χ1n) is 10.8. The summed E-state index contributed by atoms with van der Waals surface area (Å²) >= 11 is 1.85. The lowest BCUT2D eigenvalue weighted by atomic mass is 9.99. The van der Waals surface area contributed by atoms with Gasteiger partial charge in [0, 0.05) is 37.1 Å². The van der Waals surface area contributed by atoms with Gasteiger partial charge in [-0.25, -0.2) is 0 Å². The first-order chi connectivity index (χ1) is 15.9. The van der Waals surface area contributed by atoms with E-state index in [2.05, 4.69) is 127 Å². The summed E-state index contributed by atoms with van der Waals surface area (Å²) in [5.74, 6) is 0. The van der Waals surface area contributed by atoms with Gasteiger partial charge in [0.2, 0.25) is 0 Å². The first-order valence-corrected chi connectivity index (χ1v) is 11.6. The molecule has 32 heavy (non-hydrogen) atoms. The molecule has 0 fully saturated rings. The maximum absolute atomic E-state index is 3.75. The van der Waals surface area contributed by atoms with E-state index in [4.69, 9.17) is 0 Å². The molecule has 0 atom stereocenters. The van der Waals surface area contributed by atoms with E-state index in [0.29, 0.717) is 0 Å². The minimum Gasteiger partial charge on any atom is -0.354 e. The highest BCUT2D eigenvalue weighted by Crippen LogP contribution is 2.40. The summed E-state index contributed by atoms with van der Waals surface area (Å²) in [6.07, 6.45) is 0. The molecule has 0 amide bonds. The molecule has 0 radical (unpaired) electrons. The number of para-hydroxylation sites is 1. The van der Waals surface area contributed by atoms with Gasteiger partial charge >= 0.3 is 0 Å². The monoisotopic (exact) mass is 427 g/mol. The van der Waals surface area contributed by atoms with Crippen LogP contribution in [0.5, 0.6) is 0 Å². The van der Waals surface area contributed by atoms with Gasteiger partial charge in [0.1, 0.15) is 0 Å². The number of anilines is 2. The molecule has 0 saturated carbocycles. The van der Waals surface area contributed by atoms with Crippen molar-refractivity contribution in [3.63, 3.8) is 0 Å². The number of nitrogens with one attached hydrogen (secondary N) is 1. The molecular weight excluding hydrogens is 406 g/mol. The molecule has 0 aliphatic rings. The fourth-order valence-corrected chi connectivity index (χ4v) is 5.47. The van der Waals surface area contributed by atoms with Crippen molar-refractivity contribution in [2.24, 2.45) is 0 Å². The van der Waals surface area contributed by atoms with E-state index in [1.54, 1.807) is 0 Å². The molecule has 0 bridgehead atoms. The van der Waals surface area contributed by atoms with Crippen molar-refractivity contribution < 1.29 is 0 Å². The van der Waals surface area contributed by atoms with Crippen LogP contribution in [0, 0.1) is 0 Å². The van der Waals surface area contributed by atoms with E-state index >= 15 is 0 Å². The Kier molecular flexibility index (Phi) is 4.71. The van der Waals surface area contributed by atoms with Crippen LogP contribution in [0.2, 0.25) is 0 Å². The highest BCUT2D eigenvalue weighted by Gasteiger charge is 2.11. The van der Waals surface area contributed by atoms with Crippen LogP contribution in [-0.4, -0.2) is 0 Å². The van der Waals surface area contributed by atoms with Gasteiger partial charge in [0.15, 0.2) is 0 Å². The number of hydrogen-bond acceptors (Lipinski definition) is 2. The minimum atomic E-state index is 1.11. The predicted octanol–water partition coefficient (Wildman–Crippen LogP) is 9.13. The van der Waals surface area contributed by atoms with E-state index in [0.717, 1.165) is 11.4 Å². The number of fused-ring (bicyclic) bond motifs is 3. The van der Waals surface area contributed by atoms with E-state index in [1.807, 2.05) is 11.3 Å². The van der Waals surface area contributed by atoms with Gasteiger partial charge in [-0.3, -0.25) is 0 Å². The lowest BCUT2D eigenvalue weighted by Crippen LogP contribution is -1.94. The molecule has 1 aromatic heterocycles. The Morgan fingerprint density at radius 1 is 0.438 bits per heavy atom. The van der Waals surface area contributed by atoms with Gasteiger partial charge in [0.05, 0.1) is 0 Å².